The molecule has 0 saturated carbocycles. The molecule has 1 heterocycles. The molecule has 1 fully saturated rings. The number of esters is 1. The lowest BCUT2D eigenvalue weighted by Crippen LogP contribution is -2.30. The van der Waals surface area contributed by atoms with Crippen molar-refractivity contribution in [3.05, 3.63) is 75.9 Å². The fourth-order valence-corrected chi connectivity index (χ4v) is 2.97. The SMILES string of the molecule is COC(=O)c1ccc(/C=C2/NC(=S)N(Cc3ccccc3Cl)C2=O)cc1. The predicted molar refractivity (Wildman–Crippen MR) is 103 cm³/mol. The summed E-state index contributed by atoms with van der Waals surface area (Å²) >= 11 is 11.4. The van der Waals surface area contributed by atoms with Crippen LogP contribution in [0.4, 0.5) is 0 Å². The molecule has 26 heavy (non-hydrogen) atoms. The van der Waals surface area contributed by atoms with Gasteiger partial charge in [0.2, 0.25) is 0 Å². The quantitative estimate of drug-likeness (QED) is 0.496. The van der Waals surface area contributed by atoms with Gasteiger partial charge < -0.3 is 10.1 Å². The van der Waals surface area contributed by atoms with Crippen molar-refractivity contribution < 1.29 is 14.3 Å². The third-order valence-corrected chi connectivity index (χ3v) is 4.58. The summed E-state index contributed by atoms with van der Waals surface area (Å²) in [5, 5.41) is 3.83. The standard InChI is InChI=1S/C19H15ClN2O3S/c1-25-18(24)13-8-6-12(7-9-13)10-16-17(23)22(19(26)21-16)11-14-4-2-3-5-15(14)20/h2-10H,11H2,1H3,(H,21,26)/b16-10+. The molecule has 0 spiro atoms. The van der Waals surface area contributed by atoms with E-state index in [9.17, 15) is 9.59 Å². The van der Waals surface area contributed by atoms with Crippen molar-refractivity contribution in [2.45, 2.75) is 6.54 Å². The third-order valence-electron chi connectivity index (χ3n) is 3.89. The van der Waals surface area contributed by atoms with E-state index in [0.717, 1.165) is 11.1 Å². The highest BCUT2D eigenvalue weighted by Crippen LogP contribution is 2.21. The van der Waals surface area contributed by atoms with Crippen molar-refractivity contribution in [1.29, 1.82) is 0 Å². The van der Waals surface area contributed by atoms with Gasteiger partial charge in [-0.3, -0.25) is 9.69 Å². The van der Waals surface area contributed by atoms with Gasteiger partial charge in [0.15, 0.2) is 5.11 Å². The number of amides is 1. The van der Waals surface area contributed by atoms with Crippen molar-refractivity contribution in [2.24, 2.45) is 0 Å². The molecule has 1 amide bonds. The van der Waals surface area contributed by atoms with Crippen LogP contribution in [-0.4, -0.2) is 29.0 Å². The number of halogens is 1. The molecule has 0 unspecified atom stereocenters. The number of thiocarbonyl (C=S) groups is 1. The second-order valence-electron chi connectivity index (χ2n) is 5.58. The maximum atomic E-state index is 12.6. The van der Waals surface area contributed by atoms with Crippen LogP contribution >= 0.6 is 23.8 Å². The van der Waals surface area contributed by atoms with Crippen LogP contribution in [0.15, 0.2) is 54.2 Å². The van der Waals surface area contributed by atoms with E-state index in [1.807, 2.05) is 18.2 Å². The van der Waals surface area contributed by atoms with Gasteiger partial charge in [-0.1, -0.05) is 41.9 Å². The van der Waals surface area contributed by atoms with Crippen LogP contribution in [0.1, 0.15) is 21.5 Å². The molecule has 0 aliphatic carbocycles. The van der Waals surface area contributed by atoms with Crippen molar-refractivity contribution >= 4 is 46.9 Å². The number of carbonyl (C=O) groups is 2. The van der Waals surface area contributed by atoms with Gasteiger partial charge in [0.05, 0.1) is 19.2 Å². The summed E-state index contributed by atoms with van der Waals surface area (Å²) in [6.07, 6.45) is 1.68. The molecule has 0 radical (unpaired) electrons. The Morgan fingerprint density at radius 2 is 1.92 bits per heavy atom. The number of nitrogens with one attached hydrogen (secondary N) is 1. The second-order valence-corrected chi connectivity index (χ2v) is 6.38. The normalized spacial score (nSPS) is 15.3. The van der Waals surface area contributed by atoms with E-state index in [1.54, 1.807) is 36.4 Å². The Morgan fingerprint density at radius 3 is 2.58 bits per heavy atom. The first-order valence-corrected chi connectivity index (χ1v) is 8.54. The van der Waals surface area contributed by atoms with Crippen LogP contribution in [0.3, 0.4) is 0 Å². The molecule has 1 aliphatic rings. The zero-order valence-corrected chi connectivity index (χ0v) is 15.4. The molecule has 1 N–H and O–H groups in total. The maximum absolute atomic E-state index is 12.6. The van der Waals surface area contributed by atoms with Crippen molar-refractivity contribution in [2.75, 3.05) is 7.11 Å². The summed E-state index contributed by atoms with van der Waals surface area (Å²) in [5.41, 5.74) is 2.38. The average molecular weight is 387 g/mol. The van der Waals surface area contributed by atoms with Gasteiger partial charge in [0.1, 0.15) is 5.70 Å². The first kappa shape index (κ1) is 18.1. The Labute approximate surface area is 161 Å². The third kappa shape index (κ3) is 3.76. The minimum atomic E-state index is -0.411. The molecule has 1 saturated heterocycles. The largest absolute Gasteiger partial charge is 0.465 e. The minimum absolute atomic E-state index is 0.230. The number of benzene rings is 2. The Morgan fingerprint density at radius 1 is 1.23 bits per heavy atom. The average Bonchev–Trinajstić information content (AvgIpc) is 2.91. The second kappa shape index (κ2) is 7.68. The summed E-state index contributed by atoms with van der Waals surface area (Å²) in [7, 11) is 1.33. The summed E-state index contributed by atoms with van der Waals surface area (Å²) in [4.78, 5) is 25.6. The fraction of sp³-hybridized carbons (Fsp3) is 0.105. The fourth-order valence-electron chi connectivity index (χ4n) is 2.51. The van der Waals surface area contributed by atoms with Crippen LogP contribution in [0.5, 0.6) is 0 Å². The predicted octanol–water partition coefficient (Wildman–Crippen LogP) is 3.38. The molecule has 1 aliphatic heterocycles. The first-order valence-electron chi connectivity index (χ1n) is 7.76. The van der Waals surface area contributed by atoms with Crippen LogP contribution in [0.2, 0.25) is 5.02 Å². The molecular weight excluding hydrogens is 372 g/mol. The van der Waals surface area contributed by atoms with Gasteiger partial charge in [-0.2, -0.15) is 0 Å². The minimum Gasteiger partial charge on any atom is -0.465 e. The summed E-state index contributed by atoms with van der Waals surface area (Å²) in [6, 6.07) is 14.0. The maximum Gasteiger partial charge on any atom is 0.337 e. The topological polar surface area (TPSA) is 58.6 Å². The zero-order valence-electron chi connectivity index (χ0n) is 13.9. The van der Waals surface area contributed by atoms with Crippen molar-refractivity contribution in [1.82, 2.24) is 10.2 Å². The van der Waals surface area contributed by atoms with Crippen LogP contribution in [0.25, 0.3) is 6.08 Å². The van der Waals surface area contributed by atoms with Gasteiger partial charge in [-0.15, -0.1) is 0 Å². The molecule has 7 heteroatoms. The highest BCUT2D eigenvalue weighted by molar-refractivity contribution is 7.80. The van der Waals surface area contributed by atoms with Gasteiger partial charge in [-0.05, 0) is 47.6 Å². The highest BCUT2D eigenvalue weighted by Gasteiger charge is 2.30. The number of ether oxygens (including phenoxy) is 1. The molecule has 0 aromatic heterocycles. The number of hydrogen-bond donors (Lipinski definition) is 1. The van der Waals surface area contributed by atoms with Crippen LogP contribution in [-0.2, 0) is 16.1 Å². The Hall–Kier alpha value is -2.70. The first-order chi connectivity index (χ1) is 12.5. The summed E-state index contributed by atoms with van der Waals surface area (Å²) in [6.45, 7) is 0.295. The number of nitrogens with zero attached hydrogens (tertiary/aromatic N) is 1. The van der Waals surface area contributed by atoms with Crippen LogP contribution in [0, 0.1) is 0 Å². The molecule has 5 nitrogen and oxygen atoms in total. The Balaban J connectivity index is 1.79. The van der Waals surface area contributed by atoms with Gasteiger partial charge >= 0.3 is 5.97 Å². The Bertz CT molecular complexity index is 909. The molecule has 0 atom stereocenters. The Kier molecular flexibility index (Phi) is 5.35. The molecule has 0 bridgehead atoms. The number of methoxy groups -OCH3 is 1. The van der Waals surface area contributed by atoms with Crippen molar-refractivity contribution in [3.8, 4) is 0 Å². The van der Waals surface area contributed by atoms with Gasteiger partial charge in [0.25, 0.3) is 5.91 Å². The summed E-state index contributed by atoms with van der Waals surface area (Å²) in [5.74, 6) is -0.640. The van der Waals surface area contributed by atoms with Crippen molar-refractivity contribution in [3.63, 3.8) is 0 Å². The monoisotopic (exact) mass is 386 g/mol. The van der Waals surface area contributed by atoms with Gasteiger partial charge in [0, 0.05) is 5.02 Å². The summed E-state index contributed by atoms with van der Waals surface area (Å²) < 4.78 is 4.67. The molecule has 132 valence electrons. The van der Waals surface area contributed by atoms with E-state index in [4.69, 9.17) is 23.8 Å². The smallest absolute Gasteiger partial charge is 0.337 e. The number of hydrogen-bond acceptors (Lipinski definition) is 4. The van der Waals surface area contributed by atoms with E-state index in [1.165, 1.54) is 12.0 Å². The van der Waals surface area contributed by atoms with Crippen LogP contribution < -0.4 is 5.32 Å². The van der Waals surface area contributed by atoms with E-state index in [-0.39, 0.29) is 5.91 Å². The zero-order chi connectivity index (χ0) is 18.7. The molecule has 3 rings (SSSR count). The van der Waals surface area contributed by atoms with E-state index in [0.29, 0.717) is 27.9 Å². The van der Waals surface area contributed by atoms with Gasteiger partial charge in [-0.25, -0.2) is 4.79 Å². The van der Waals surface area contributed by atoms with E-state index >= 15 is 0 Å². The number of rotatable bonds is 4. The number of carbonyl (C=O) groups excluding carboxylic acids is 2. The molecule has 2 aromatic rings. The van der Waals surface area contributed by atoms with E-state index in [2.05, 4.69) is 10.1 Å². The highest BCUT2D eigenvalue weighted by atomic mass is 35.5. The lowest BCUT2D eigenvalue weighted by atomic mass is 10.1. The lowest BCUT2D eigenvalue weighted by molar-refractivity contribution is -0.122. The molecular formula is C19H15ClN2O3S. The lowest BCUT2D eigenvalue weighted by Gasteiger charge is -2.14. The molecule has 2 aromatic carbocycles. The van der Waals surface area contributed by atoms with E-state index < -0.39 is 5.97 Å².